The highest BCUT2D eigenvalue weighted by molar-refractivity contribution is 4.68. The van der Waals surface area contributed by atoms with Gasteiger partial charge in [0.2, 0.25) is 0 Å². The first-order valence-electron chi connectivity index (χ1n) is 5.02. The Morgan fingerprint density at radius 3 is 2.46 bits per heavy atom. The largest absolute Gasteiger partial charge is 0.396 e. The molecule has 0 aromatic rings. The minimum Gasteiger partial charge on any atom is -0.396 e. The summed E-state index contributed by atoms with van der Waals surface area (Å²) in [5.74, 6) is 0. The lowest BCUT2D eigenvalue weighted by molar-refractivity contribution is 0.0703. The van der Waals surface area contributed by atoms with Crippen LogP contribution >= 0.6 is 0 Å². The molecule has 0 aliphatic heterocycles. The van der Waals surface area contributed by atoms with Gasteiger partial charge in [0.15, 0.2) is 0 Å². The summed E-state index contributed by atoms with van der Waals surface area (Å²) >= 11 is 0. The molecule has 0 aromatic carbocycles. The van der Waals surface area contributed by atoms with Gasteiger partial charge in [-0.1, -0.05) is 0 Å². The van der Waals surface area contributed by atoms with Gasteiger partial charge >= 0.3 is 0 Å². The molecule has 0 radical (unpaired) electrons. The highest BCUT2D eigenvalue weighted by Gasteiger charge is 2.11. The zero-order valence-electron chi connectivity index (χ0n) is 9.01. The van der Waals surface area contributed by atoms with Crippen LogP contribution < -0.4 is 5.32 Å². The van der Waals surface area contributed by atoms with Gasteiger partial charge in [0.05, 0.1) is 5.60 Å². The third-order valence-electron chi connectivity index (χ3n) is 2.02. The summed E-state index contributed by atoms with van der Waals surface area (Å²) in [6, 6.07) is 0.425. The van der Waals surface area contributed by atoms with Crippen LogP contribution in [-0.4, -0.2) is 35.0 Å². The second-order valence-electron chi connectivity index (χ2n) is 4.28. The number of hydrogen-bond acceptors (Lipinski definition) is 3. The predicted octanol–water partition coefficient (Wildman–Crippen LogP) is 0.898. The molecule has 0 amide bonds. The first-order chi connectivity index (χ1) is 5.95. The van der Waals surface area contributed by atoms with Gasteiger partial charge in [-0.3, -0.25) is 0 Å². The average Bonchev–Trinajstić information content (AvgIpc) is 1.98. The molecule has 0 heterocycles. The SMILES string of the molecule is CC(CCCO)NCCC(C)(C)O. The van der Waals surface area contributed by atoms with Crippen LogP contribution in [0.4, 0.5) is 0 Å². The summed E-state index contributed by atoms with van der Waals surface area (Å²) in [4.78, 5) is 0. The molecule has 0 bridgehead atoms. The molecule has 0 aliphatic carbocycles. The molecule has 0 rings (SSSR count). The van der Waals surface area contributed by atoms with E-state index in [0.29, 0.717) is 6.04 Å². The first kappa shape index (κ1) is 12.9. The fourth-order valence-corrected chi connectivity index (χ4v) is 1.12. The Morgan fingerprint density at radius 1 is 1.38 bits per heavy atom. The third-order valence-corrected chi connectivity index (χ3v) is 2.02. The van der Waals surface area contributed by atoms with E-state index >= 15 is 0 Å². The summed E-state index contributed by atoms with van der Waals surface area (Å²) in [5, 5.41) is 21.3. The van der Waals surface area contributed by atoms with Crippen LogP contribution in [0.2, 0.25) is 0 Å². The zero-order chi connectivity index (χ0) is 10.3. The Hall–Kier alpha value is -0.120. The van der Waals surface area contributed by atoms with Crippen LogP contribution in [0.25, 0.3) is 0 Å². The highest BCUT2D eigenvalue weighted by atomic mass is 16.3. The average molecular weight is 189 g/mol. The maximum Gasteiger partial charge on any atom is 0.0603 e. The number of aliphatic hydroxyl groups is 2. The fourth-order valence-electron chi connectivity index (χ4n) is 1.12. The van der Waals surface area contributed by atoms with Crippen LogP contribution in [0.1, 0.15) is 40.0 Å². The molecule has 0 spiro atoms. The predicted molar refractivity (Wildman–Crippen MR) is 54.7 cm³/mol. The maximum atomic E-state index is 9.43. The van der Waals surface area contributed by atoms with Crippen molar-refractivity contribution in [3.8, 4) is 0 Å². The Kier molecular flexibility index (Phi) is 6.29. The van der Waals surface area contributed by atoms with E-state index in [2.05, 4.69) is 12.2 Å². The monoisotopic (exact) mass is 189 g/mol. The standard InChI is InChI=1S/C10H23NO2/c1-9(5-4-8-12)11-7-6-10(2,3)13/h9,11-13H,4-8H2,1-3H3. The maximum absolute atomic E-state index is 9.43. The zero-order valence-corrected chi connectivity index (χ0v) is 9.01. The minimum absolute atomic E-state index is 0.261. The molecule has 1 unspecified atom stereocenters. The third kappa shape index (κ3) is 9.80. The Balaban J connectivity index is 3.31. The molecule has 3 N–H and O–H groups in total. The second-order valence-corrected chi connectivity index (χ2v) is 4.28. The summed E-state index contributed by atoms with van der Waals surface area (Å²) < 4.78 is 0. The van der Waals surface area contributed by atoms with Crippen LogP contribution in [0, 0.1) is 0 Å². The Bertz CT molecular complexity index is 121. The van der Waals surface area contributed by atoms with E-state index in [1.165, 1.54) is 0 Å². The summed E-state index contributed by atoms with van der Waals surface area (Å²) in [6.45, 7) is 6.81. The molecule has 0 saturated heterocycles. The van der Waals surface area contributed by atoms with Crippen LogP contribution in [0.3, 0.4) is 0 Å². The molecule has 3 nitrogen and oxygen atoms in total. The van der Waals surface area contributed by atoms with E-state index in [-0.39, 0.29) is 6.61 Å². The van der Waals surface area contributed by atoms with Gasteiger partial charge in [0.25, 0.3) is 0 Å². The minimum atomic E-state index is -0.580. The van der Waals surface area contributed by atoms with E-state index in [0.717, 1.165) is 25.8 Å². The van der Waals surface area contributed by atoms with E-state index in [1.54, 1.807) is 0 Å². The van der Waals surface area contributed by atoms with Crippen molar-refractivity contribution >= 4 is 0 Å². The molecule has 80 valence electrons. The normalized spacial score (nSPS) is 14.5. The molecule has 0 saturated carbocycles. The fraction of sp³-hybridized carbons (Fsp3) is 1.00. The van der Waals surface area contributed by atoms with Gasteiger partial charge in [-0.15, -0.1) is 0 Å². The van der Waals surface area contributed by atoms with Crippen molar-refractivity contribution in [2.45, 2.75) is 51.7 Å². The van der Waals surface area contributed by atoms with Crippen LogP contribution in [-0.2, 0) is 0 Å². The molecular weight excluding hydrogens is 166 g/mol. The molecule has 3 heteroatoms. The van der Waals surface area contributed by atoms with Crippen molar-refractivity contribution < 1.29 is 10.2 Å². The quantitative estimate of drug-likeness (QED) is 0.557. The summed E-state index contributed by atoms with van der Waals surface area (Å²) in [6.07, 6.45) is 2.59. The number of aliphatic hydroxyl groups excluding tert-OH is 1. The topological polar surface area (TPSA) is 52.5 Å². The van der Waals surface area contributed by atoms with E-state index in [4.69, 9.17) is 5.11 Å². The highest BCUT2D eigenvalue weighted by Crippen LogP contribution is 2.05. The molecule has 0 fully saturated rings. The molecule has 0 aromatic heterocycles. The van der Waals surface area contributed by atoms with Crippen LogP contribution in [0.15, 0.2) is 0 Å². The lowest BCUT2D eigenvalue weighted by Gasteiger charge is -2.19. The lowest BCUT2D eigenvalue weighted by atomic mass is 10.1. The van der Waals surface area contributed by atoms with Gasteiger partial charge in [-0.05, 0) is 46.6 Å². The van der Waals surface area contributed by atoms with Crippen LogP contribution in [0.5, 0.6) is 0 Å². The Labute approximate surface area is 81.2 Å². The molecule has 1 atom stereocenters. The van der Waals surface area contributed by atoms with E-state index < -0.39 is 5.60 Å². The lowest BCUT2D eigenvalue weighted by Crippen LogP contribution is -2.32. The van der Waals surface area contributed by atoms with E-state index in [1.807, 2.05) is 13.8 Å². The Morgan fingerprint density at radius 2 is 2.00 bits per heavy atom. The number of hydrogen-bond donors (Lipinski definition) is 3. The van der Waals surface area contributed by atoms with Gasteiger partial charge in [0, 0.05) is 12.6 Å². The number of rotatable bonds is 7. The summed E-state index contributed by atoms with van der Waals surface area (Å²) in [7, 11) is 0. The first-order valence-corrected chi connectivity index (χ1v) is 5.02. The van der Waals surface area contributed by atoms with Crippen molar-refractivity contribution in [3.05, 3.63) is 0 Å². The van der Waals surface area contributed by atoms with Crippen molar-refractivity contribution in [1.29, 1.82) is 0 Å². The van der Waals surface area contributed by atoms with Gasteiger partial charge in [-0.2, -0.15) is 0 Å². The van der Waals surface area contributed by atoms with Crippen molar-refractivity contribution in [2.75, 3.05) is 13.2 Å². The summed E-state index contributed by atoms with van der Waals surface area (Å²) in [5.41, 5.74) is -0.580. The van der Waals surface area contributed by atoms with E-state index in [9.17, 15) is 5.11 Å². The molecule has 0 aliphatic rings. The van der Waals surface area contributed by atoms with Crippen molar-refractivity contribution in [1.82, 2.24) is 5.32 Å². The smallest absolute Gasteiger partial charge is 0.0603 e. The van der Waals surface area contributed by atoms with Gasteiger partial charge < -0.3 is 15.5 Å². The molecule has 13 heavy (non-hydrogen) atoms. The van der Waals surface area contributed by atoms with Crippen molar-refractivity contribution in [3.63, 3.8) is 0 Å². The molecular formula is C10H23NO2. The van der Waals surface area contributed by atoms with Gasteiger partial charge in [0.1, 0.15) is 0 Å². The van der Waals surface area contributed by atoms with Gasteiger partial charge in [-0.25, -0.2) is 0 Å². The number of nitrogens with one attached hydrogen (secondary N) is 1. The van der Waals surface area contributed by atoms with Crippen molar-refractivity contribution in [2.24, 2.45) is 0 Å². The second kappa shape index (κ2) is 6.35.